The first-order valence-corrected chi connectivity index (χ1v) is 8.48. The van der Waals surface area contributed by atoms with Crippen LogP contribution < -0.4 is 10.1 Å². The van der Waals surface area contributed by atoms with Crippen LogP contribution in [0.3, 0.4) is 0 Å². The van der Waals surface area contributed by atoms with Gasteiger partial charge in [-0.1, -0.05) is 0 Å². The van der Waals surface area contributed by atoms with Crippen molar-refractivity contribution in [3.63, 3.8) is 0 Å². The number of nitrogens with zero attached hydrogens (tertiary/aromatic N) is 4. The molecule has 0 saturated carbocycles. The number of aromatic nitrogens is 4. The Balaban J connectivity index is 1.93. The molecule has 1 amide bonds. The smallest absolute Gasteiger partial charge is 0.435 e. The fraction of sp³-hybridized carbons (Fsp3) is 0.278. The number of carbonyl (C=O) groups excluding carboxylic acids is 1. The number of ether oxygens (including phenoxy) is 1. The van der Waals surface area contributed by atoms with E-state index in [1.165, 1.54) is 13.2 Å². The average molecular weight is 391 g/mol. The summed E-state index contributed by atoms with van der Waals surface area (Å²) in [6, 6.07) is 3.23. The number of alkyl halides is 3. The lowest BCUT2D eigenvalue weighted by Crippen LogP contribution is -2.24. The minimum absolute atomic E-state index is 0.128. The zero-order valence-electron chi connectivity index (χ0n) is 14.8. The lowest BCUT2D eigenvalue weighted by Gasteiger charge is -2.15. The minimum atomic E-state index is -4.64. The van der Waals surface area contributed by atoms with Gasteiger partial charge in [0.1, 0.15) is 12.4 Å². The van der Waals surface area contributed by atoms with E-state index in [9.17, 15) is 18.0 Å². The molecule has 1 aromatic carbocycles. The molecule has 0 spiro atoms. The van der Waals surface area contributed by atoms with Crippen LogP contribution in [0.15, 0.2) is 37.1 Å². The molecule has 146 valence electrons. The third-order valence-corrected chi connectivity index (χ3v) is 4.34. The second-order valence-electron chi connectivity index (χ2n) is 6.42. The fourth-order valence-corrected chi connectivity index (χ4v) is 3.20. The van der Waals surface area contributed by atoms with Crippen LogP contribution in [0, 0.1) is 0 Å². The molecule has 0 fully saturated rings. The Labute approximate surface area is 157 Å². The van der Waals surface area contributed by atoms with Crippen molar-refractivity contribution in [2.45, 2.75) is 12.7 Å². The van der Waals surface area contributed by atoms with Gasteiger partial charge in [0, 0.05) is 43.3 Å². The maximum absolute atomic E-state index is 13.5. The van der Waals surface area contributed by atoms with Gasteiger partial charge >= 0.3 is 6.18 Å². The molecular formula is C18H16F3N5O2. The van der Waals surface area contributed by atoms with Crippen LogP contribution in [0.5, 0.6) is 5.75 Å². The normalized spacial score (nSPS) is 14.2. The zero-order chi connectivity index (χ0) is 19.9. The summed E-state index contributed by atoms with van der Waals surface area (Å²) >= 11 is 0. The average Bonchev–Trinajstić information content (AvgIpc) is 3.23. The molecule has 7 nitrogen and oxygen atoms in total. The zero-order valence-corrected chi connectivity index (χ0v) is 14.8. The molecule has 3 aromatic rings. The molecule has 28 heavy (non-hydrogen) atoms. The topological polar surface area (TPSA) is 74.0 Å². The molecule has 0 atom stereocenters. The SMILES string of the molecule is Cn1cc(-c2cc(Cn3ccnc3)cc3c2OCCNC3=O)c(C(F)(F)F)n1. The summed E-state index contributed by atoms with van der Waals surface area (Å²) in [5, 5.41) is 6.26. The molecule has 0 unspecified atom stereocenters. The maximum atomic E-state index is 13.5. The molecule has 0 aliphatic carbocycles. The molecule has 1 aliphatic rings. The van der Waals surface area contributed by atoms with Crippen LogP contribution >= 0.6 is 0 Å². The highest BCUT2D eigenvalue weighted by Gasteiger charge is 2.38. The number of nitrogens with one attached hydrogen (secondary N) is 1. The van der Waals surface area contributed by atoms with Gasteiger partial charge in [-0.3, -0.25) is 9.48 Å². The van der Waals surface area contributed by atoms with Crippen molar-refractivity contribution >= 4 is 5.91 Å². The molecule has 10 heteroatoms. The first-order chi connectivity index (χ1) is 13.3. The van der Waals surface area contributed by atoms with Crippen molar-refractivity contribution in [1.29, 1.82) is 0 Å². The van der Waals surface area contributed by atoms with Gasteiger partial charge in [-0.25, -0.2) is 4.98 Å². The van der Waals surface area contributed by atoms with E-state index in [4.69, 9.17) is 4.74 Å². The lowest BCUT2D eigenvalue weighted by atomic mass is 9.97. The van der Waals surface area contributed by atoms with Gasteiger partial charge in [0.25, 0.3) is 5.91 Å². The Kier molecular flexibility index (Phi) is 4.33. The highest BCUT2D eigenvalue weighted by molar-refractivity contribution is 6.00. The second kappa shape index (κ2) is 6.70. The van der Waals surface area contributed by atoms with E-state index in [0.717, 1.165) is 4.68 Å². The van der Waals surface area contributed by atoms with Crippen LogP contribution in [0.1, 0.15) is 21.6 Å². The summed E-state index contributed by atoms with van der Waals surface area (Å²) in [5.74, 6) is -0.262. The molecule has 0 saturated heterocycles. The van der Waals surface area contributed by atoms with E-state index in [1.54, 1.807) is 35.4 Å². The highest BCUT2D eigenvalue weighted by atomic mass is 19.4. The number of hydrogen-bond acceptors (Lipinski definition) is 4. The van der Waals surface area contributed by atoms with Gasteiger partial charge in [0.2, 0.25) is 0 Å². The van der Waals surface area contributed by atoms with E-state index >= 15 is 0 Å². The molecular weight excluding hydrogens is 375 g/mol. The van der Waals surface area contributed by atoms with Crippen molar-refractivity contribution in [3.05, 3.63) is 53.9 Å². The predicted molar refractivity (Wildman–Crippen MR) is 92.8 cm³/mol. The quantitative estimate of drug-likeness (QED) is 0.745. The number of amides is 1. The Morgan fingerprint density at radius 1 is 1.25 bits per heavy atom. The largest absolute Gasteiger partial charge is 0.490 e. The Hall–Kier alpha value is -3.30. The van der Waals surface area contributed by atoms with Crippen molar-refractivity contribution in [2.24, 2.45) is 7.05 Å². The van der Waals surface area contributed by atoms with Crippen molar-refractivity contribution in [3.8, 4) is 16.9 Å². The number of fused-ring (bicyclic) bond motifs is 1. The Bertz CT molecular complexity index is 1020. The monoisotopic (exact) mass is 391 g/mol. The summed E-state index contributed by atoms with van der Waals surface area (Å²) in [6.07, 6.45) is 1.56. The van der Waals surface area contributed by atoms with E-state index < -0.39 is 17.8 Å². The molecule has 2 aromatic heterocycles. The fourth-order valence-electron chi connectivity index (χ4n) is 3.20. The van der Waals surface area contributed by atoms with Crippen LogP contribution in [0.25, 0.3) is 11.1 Å². The maximum Gasteiger partial charge on any atom is 0.435 e. The van der Waals surface area contributed by atoms with Crippen molar-refractivity contribution in [2.75, 3.05) is 13.2 Å². The Morgan fingerprint density at radius 3 is 2.75 bits per heavy atom. The van der Waals surface area contributed by atoms with Crippen molar-refractivity contribution in [1.82, 2.24) is 24.6 Å². The summed E-state index contributed by atoms with van der Waals surface area (Å²) in [7, 11) is 1.42. The highest BCUT2D eigenvalue weighted by Crippen LogP contribution is 2.42. The summed E-state index contributed by atoms with van der Waals surface area (Å²) in [6.45, 7) is 0.770. The van der Waals surface area contributed by atoms with E-state index in [2.05, 4.69) is 15.4 Å². The van der Waals surface area contributed by atoms with Crippen LogP contribution in [0.4, 0.5) is 13.2 Å². The summed E-state index contributed by atoms with van der Waals surface area (Å²) in [5.41, 5.74) is -0.129. The van der Waals surface area contributed by atoms with Gasteiger partial charge in [-0.05, 0) is 17.7 Å². The third kappa shape index (κ3) is 3.32. The van der Waals surface area contributed by atoms with Gasteiger partial charge < -0.3 is 14.6 Å². The van der Waals surface area contributed by atoms with E-state index in [1.807, 2.05) is 0 Å². The first kappa shape index (κ1) is 18.1. The number of carbonyl (C=O) groups is 1. The van der Waals surface area contributed by atoms with Gasteiger partial charge in [-0.2, -0.15) is 18.3 Å². The van der Waals surface area contributed by atoms with Crippen LogP contribution in [-0.2, 0) is 19.8 Å². The summed E-state index contributed by atoms with van der Waals surface area (Å²) < 4.78 is 49.1. The van der Waals surface area contributed by atoms with Crippen LogP contribution in [-0.4, -0.2) is 38.4 Å². The van der Waals surface area contributed by atoms with Gasteiger partial charge in [0.05, 0.1) is 18.4 Å². The number of halogens is 3. The van der Waals surface area contributed by atoms with Gasteiger partial charge in [0.15, 0.2) is 5.69 Å². The number of benzene rings is 1. The molecule has 0 bridgehead atoms. The van der Waals surface area contributed by atoms with Crippen molar-refractivity contribution < 1.29 is 22.7 Å². The molecule has 3 heterocycles. The van der Waals surface area contributed by atoms with Crippen LogP contribution in [0.2, 0.25) is 0 Å². The second-order valence-corrected chi connectivity index (χ2v) is 6.42. The Morgan fingerprint density at radius 2 is 2.04 bits per heavy atom. The number of hydrogen-bond donors (Lipinski definition) is 1. The predicted octanol–water partition coefficient (Wildman–Crippen LogP) is 2.47. The summed E-state index contributed by atoms with van der Waals surface area (Å²) in [4.78, 5) is 16.4. The number of aryl methyl sites for hydroxylation is 1. The molecule has 1 aliphatic heterocycles. The molecule has 1 N–H and O–H groups in total. The van der Waals surface area contributed by atoms with E-state index in [0.29, 0.717) is 12.1 Å². The molecule has 0 radical (unpaired) electrons. The lowest BCUT2D eigenvalue weighted by molar-refractivity contribution is -0.140. The minimum Gasteiger partial charge on any atom is -0.490 e. The first-order valence-electron chi connectivity index (χ1n) is 8.48. The van der Waals surface area contributed by atoms with E-state index in [-0.39, 0.29) is 35.6 Å². The molecule has 4 rings (SSSR count). The third-order valence-electron chi connectivity index (χ3n) is 4.34. The number of imidazole rings is 1. The standard InChI is InChI=1S/C18H16F3N5O2/c1-25-9-14(16(24-25)18(19,20)21)12-6-11(8-26-4-2-22-10-26)7-13-15(12)28-5-3-23-17(13)27/h2,4,6-7,9-10H,3,5,8H2,1H3,(H,23,27). The number of rotatable bonds is 3. The van der Waals surface area contributed by atoms with Gasteiger partial charge in [-0.15, -0.1) is 0 Å².